The largest absolute Gasteiger partial charge is 0.388 e. The Morgan fingerprint density at radius 1 is 0.941 bits per heavy atom. The van der Waals surface area contributed by atoms with Crippen molar-refractivity contribution >= 4 is 0 Å². The topological polar surface area (TPSA) is 58.3 Å². The second-order valence-electron chi connectivity index (χ2n) is 6.96. The van der Waals surface area contributed by atoms with E-state index >= 15 is 0 Å². The Bertz CT molecular complexity index is 271. The van der Waals surface area contributed by atoms with E-state index in [0.29, 0.717) is 5.41 Å². The minimum atomic E-state index is -0.636. The number of hydrogen-bond donors (Lipinski definition) is 3. The summed E-state index contributed by atoms with van der Waals surface area (Å²) in [6.07, 6.45) is 6.98. The summed E-state index contributed by atoms with van der Waals surface area (Å²) in [7, 11) is 0. The average molecular weight is 240 g/mol. The summed E-state index contributed by atoms with van der Waals surface area (Å²) >= 11 is 0. The molecule has 1 unspecified atom stereocenters. The molecule has 3 heteroatoms. The van der Waals surface area contributed by atoms with Crippen molar-refractivity contribution in [3.8, 4) is 0 Å². The van der Waals surface area contributed by atoms with Crippen LogP contribution in [0.4, 0.5) is 0 Å². The van der Waals surface area contributed by atoms with Crippen LogP contribution in [0.1, 0.15) is 58.8 Å². The molecule has 0 amide bonds. The summed E-state index contributed by atoms with van der Waals surface area (Å²) in [5, 5.41) is 14.4. The molecule has 0 bridgehead atoms. The van der Waals surface area contributed by atoms with Crippen molar-refractivity contribution in [2.45, 2.75) is 69.9 Å². The third kappa shape index (κ3) is 2.67. The maximum atomic E-state index is 11.0. The molecule has 17 heavy (non-hydrogen) atoms. The molecule has 0 aromatic heterocycles. The second kappa shape index (κ2) is 4.52. The molecule has 4 N–H and O–H groups in total. The van der Waals surface area contributed by atoms with Crippen molar-refractivity contribution in [3.05, 3.63) is 0 Å². The molecule has 1 aliphatic carbocycles. The Labute approximate surface area is 105 Å². The number of nitrogens with one attached hydrogen (secondary N) is 1. The van der Waals surface area contributed by atoms with Gasteiger partial charge in [-0.2, -0.15) is 0 Å². The molecule has 100 valence electrons. The van der Waals surface area contributed by atoms with Gasteiger partial charge in [0.25, 0.3) is 0 Å². The molecule has 0 spiro atoms. The van der Waals surface area contributed by atoms with Crippen LogP contribution in [0.25, 0.3) is 0 Å². The number of rotatable bonds is 1. The molecular weight excluding hydrogens is 212 g/mol. The van der Waals surface area contributed by atoms with Gasteiger partial charge < -0.3 is 16.2 Å². The first-order valence-corrected chi connectivity index (χ1v) is 7.09. The standard InChI is InChI=1S/C14H28N2O/c1-12(2)4-3-5-14(17,7-6-12)13(15)8-10-16-11-9-13/h16-17H,3-11,15H2,1-2H3. The van der Waals surface area contributed by atoms with Gasteiger partial charge in [0.1, 0.15) is 0 Å². The highest BCUT2D eigenvalue weighted by Gasteiger charge is 2.48. The Balaban J connectivity index is 2.12. The molecule has 2 fully saturated rings. The monoisotopic (exact) mass is 240 g/mol. The second-order valence-corrected chi connectivity index (χ2v) is 6.96. The van der Waals surface area contributed by atoms with Gasteiger partial charge >= 0.3 is 0 Å². The summed E-state index contributed by atoms with van der Waals surface area (Å²) in [6.45, 7) is 6.51. The maximum absolute atomic E-state index is 11.0. The lowest BCUT2D eigenvalue weighted by atomic mass is 9.70. The first kappa shape index (κ1) is 13.3. The van der Waals surface area contributed by atoms with Crippen molar-refractivity contribution in [3.63, 3.8) is 0 Å². The normalized spacial score (nSPS) is 37.4. The van der Waals surface area contributed by atoms with Crippen LogP contribution in [0.2, 0.25) is 0 Å². The van der Waals surface area contributed by atoms with Crippen molar-refractivity contribution in [1.82, 2.24) is 5.32 Å². The highest BCUT2D eigenvalue weighted by Crippen LogP contribution is 2.44. The number of hydrogen-bond acceptors (Lipinski definition) is 3. The molecule has 0 radical (unpaired) electrons. The van der Waals surface area contributed by atoms with Gasteiger partial charge in [-0.3, -0.25) is 0 Å². The van der Waals surface area contributed by atoms with Crippen LogP contribution in [-0.4, -0.2) is 29.3 Å². The molecule has 2 rings (SSSR count). The van der Waals surface area contributed by atoms with Crippen molar-refractivity contribution in [2.24, 2.45) is 11.1 Å². The minimum Gasteiger partial charge on any atom is -0.388 e. The van der Waals surface area contributed by atoms with Crippen LogP contribution in [0, 0.1) is 5.41 Å². The van der Waals surface area contributed by atoms with Gasteiger partial charge in [-0.15, -0.1) is 0 Å². The first-order valence-electron chi connectivity index (χ1n) is 7.09. The van der Waals surface area contributed by atoms with Gasteiger partial charge in [-0.1, -0.05) is 13.8 Å². The van der Waals surface area contributed by atoms with Crippen LogP contribution in [0.15, 0.2) is 0 Å². The number of nitrogens with two attached hydrogens (primary N) is 1. The van der Waals surface area contributed by atoms with Crippen LogP contribution in [0.5, 0.6) is 0 Å². The average Bonchev–Trinajstić information content (AvgIpc) is 2.40. The van der Waals surface area contributed by atoms with E-state index in [1.54, 1.807) is 0 Å². The molecule has 3 nitrogen and oxygen atoms in total. The van der Waals surface area contributed by atoms with Crippen molar-refractivity contribution in [1.29, 1.82) is 0 Å². The highest BCUT2D eigenvalue weighted by molar-refractivity contribution is 5.07. The van der Waals surface area contributed by atoms with Crippen LogP contribution in [0.3, 0.4) is 0 Å². The lowest BCUT2D eigenvalue weighted by Crippen LogP contribution is -2.64. The van der Waals surface area contributed by atoms with Crippen LogP contribution < -0.4 is 11.1 Å². The zero-order valence-electron chi connectivity index (χ0n) is 11.4. The van der Waals surface area contributed by atoms with Crippen LogP contribution in [-0.2, 0) is 0 Å². The Morgan fingerprint density at radius 2 is 1.59 bits per heavy atom. The predicted molar refractivity (Wildman–Crippen MR) is 70.8 cm³/mol. The summed E-state index contributed by atoms with van der Waals surface area (Å²) in [5.74, 6) is 0. The van der Waals surface area contributed by atoms with Gasteiger partial charge in [0.15, 0.2) is 0 Å². The molecule has 1 heterocycles. The van der Waals surface area contributed by atoms with Gasteiger partial charge in [0.05, 0.1) is 5.60 Å². The van der Waals surface area contributed by atoms with Crippen molar-refractivity contribution in [2.75, 3.05) is 13.1 Å². The van der Waals surface area contributed by atoms with E-state index in [1.807, 2.05) is 0 Å². The Kier molecular flexibility index (Phi) is 3.54. The molecule has 1 saturated heterocycles. The van der Waals surface area contributed by atoms with Gasteiger partial charge in [0, 0.05) is 5.54 Å². The zero-order valence-corrected chi connectivity index (χ0v) is 11.4. The first-order chi connectivity index (χ1) is 7.87. The molecule has 0 aromatic carbocycles. The number of aliphatic hydroxyl groups is 1. The Hall–Kier alpha value is -0.120. The van der Waals surface area contributed by atoms with E-state index in [2.05, 4.69) is 19.2 Å². The smallest absolute Gasteiger partial charge is 0.0827 e. The SMILES string of the molecule is CC1(C)CCCC(O)(C2(N)CCNCC2)CC1. The molecule has 1 aliphatic heterocycles. The minimum absolute atomic E-state index is 0.362. The fourth-order valence-corrected chi connectivity index (χ4v) is 3.49. The van der Waals surface area contributed by atoms with E-state index < -0.39 is 5.60 Å². The number of piperidine rings is 1. The lowest BCUT2D eigenvalue weighted by Gasteiger charge is -2.47. The summed E-state index contributed by atoms with van der Waals surface area (Å²) < 4.78 is 0. The highest BCUT2D eigenvalue weighted by atomic mass is 16.3. The van der Waals surface area contributed by atoms with Gasteiger partial charge in [-0.25, -0.2) is 0 Å². The van der Waals surface area contributed by atoms with E-state index in [9.17, 15) is 5.11 Å². The molecular formula is C14H28N2O. The fraction of sp³-hybridized carbons (Fsp3) is 1.00. The summed E-state index contributed by atoms with van der Waals surface area (Å²) in [5.41, 5.74) is 5.91. The van der Waals surface area contributed by atoms with E-state index in [-0.39, 0.29) is 5.54 Å². The fourth-order valence-electron chi connectivity index (χ4n) is 3.49. The maximum Gasteiger partial charge on any atom is 0.0827 e. The van der Waals surface area contributed by atoms with E-state index in [0.717, 1.165) is 51.6 Å². The van der Waals surface area contributed by atoms with Crippen LogP contribution >= 0.6 is 0 Å². The Morgan fingerprint density at radius 3 is 2.24 bits per heavy atom. The zero-order chi connectivity index (χ0) is 12.6. The quantitative estimate of drug-likeness (QED) is 0.612. The van der Waals surface area contributed by atoms with Gasteiger partial charge in [0.2, 0.25) is 0 Å². The molecule has 1 saturated carbocycles. The van der Waals surface area contributed by atoms with E-state index in [4.69, 9.17) is 5.73 Å². The van der Waals surface area contributed by atoms with E-state index in [1.165, 1.54) is 6.42 Å². The molecule has 1 atom stereocenters. The van der Waals surface area contributed by atoms with Gasteiger partial charge in [-0.05, 0) is 63.5 Å². The predicted octanol–water partition coefficient (Wildman–Crippen LogP) is 1.79. The third-order valence-corrected chi connectivity index (χ3v) is 5.08. The molecule has 2 aliphatic rings. The molecule has 0 aromatic rings. The summed E-state index contributed by atoms with van der Waals surface area (Å²) in [4.78, 5) is 0. The lowest BCUT2D eigenvalue weighted by molar-refractivity contribution is -0.0620. The summed E-state index contributed by atoms with van der Waals surface area (Å²) in [6, 6.07) is 0. The third-order valence-electron chi connectivity index (χ3n) is 5.08. The van der Waals surface area contributed by atoms with Crippen molar-refractivity contribution < 1.29 is 5.11 Å².